The highest BCUT2D eigenvalue weighted by Crippen LogP contribution is 2.40. The number of imide groups is 1. The van der Waals surface area contributed by atoms with Crippen molar-refractivity contribution in [2.24, 2.45) is 0 Å². The van der Waals surface area contributed by atoms with Crippen molar-refractivity contribution in [3.8, 4) is 0 Å². The first-order chi connectivity index (χ1) is 16.7. The first-order valence-electron chi connectivity index (χ1n) is 11.5. The van der Waals surface area contributed by atoms with Gasteiger partial charge in [0.25, 0.3) is 5.91 Å². The Morgan fingerprint density at radius 2 is 1.94 bits per heavy atom. The zero-order chi connectivity index (χ0) is 24.7. The number of amides is 4. The molecule has 1 saturated heterocycles. The van der Waals surface area contributed by atoms with Crippen molar-refractivity contribution in [2.45, 2.75) is 69.5 Å². The molecule has 0 spiro atoms. The van der Waals surface area contributed by atoms with Gasteiger partial charge in [0, 0.05) is 54.7 Å². The number of halogens is 2. The van der Waals surface area contributed by atoms with Crippen molar-refractivity contribution in [1.82, 2.24) is 25.2 Å². The predicted octanol–water partition coefficient (Wildman–Crippen LogP) is 1.97. The molecule has 3 heterocycles. The van der Waals surface area contributed by atoms with E-state index in [2.05, 4.69) is 20.9 Å². The van der Waals surface area contributed by atoms with Gasteiger partial charge in [-0.1, -0.05) is 11.3 Å². The third-order valence-electron chi connectivity index (χ3n) is 6.85. The van der Waals surface area contributed by atoms with Crippen LogP contribution >= 0.6 is 0 Å². The standard InChI is InChI=1S/C23H24F2N6O4/c24-23(25)8-6-13(7-9-23)17-11-30(29-28-17)12-20(33)26-16-3-1-2-14-15(16)10-31(22(14)35)18-4-5-19(32)27-21(18)34/h1-3,11,13,18H,4-10,12H2,(H,26,33)(H,27,32,34). The number of carbonyl (C=O) groups excluding carboxylic acids is 4. The molecule has 35 heavy (non-hydrogen) atoms. The molecular formula is C23H24F2N6O4. The molecule has 1 saturated carbocycles. The van der Waals surface area contributed by atoms with Gasteiger partial charge in [0.1, 0.15) is 12.6 Å². The molecule has 1 atom stereocenters. The van der Waals surface area contributed by atoms with E-state index >= 15 is 0 Å². The van der Waals surface area contributed by atoms with Crippen molar-refractivity contribution in [1.29, 1.82) is 0 Å². The van der Waals surface area contributed by atoms with Gasteiger partial charge in [0.15, 0.2) is 0 Å². The highest BCUT2D eigenvalue weighted by atomic mass is 19.3. The van der Waals surface area contributed by atoms with Gasteiger partial charge in [-0.25, -0.2) is 13.5 Å². The molecule has 2 aromatic rings. The molecule has 12 heteroatoms. The van der Waals surface area contributed by atoms with Crippen LogP contribution in [0, 0.1) is 0 Å². The summed E-state index contributed by atoms with van der Waals surface area (Å²) in [4.78, 5) is 50.8. The summed E-state index contributed by atoms with van der Waals surface area (Å²) in [6.07, 6.45) is 2.30. The number of hydrogen-bond donors (Lipinski definition) is 2. The lowest BCUT2D eigenvalue weighted by Crippen LogP contribution is -2.52. The van der Waals surface area contributed by atoms with E-state index in [-0.39, 0.29) is 56.5 Å². The number of anilines is 1. The van der Waals surface area contributed by atoms with Gasteiger partial charge in [-0.3, -0.25) is 24.5 Å². The van der Waals surface area contributed by atoms with Gasteiger partial charge in [0.2, 0.25) is 23.6 Å². The Balaban J connectivity index is 1.24. The SMILES string of the molecule is O=C1CCC(N2Cc3c(NC(=O)Cn4cc(C5CCC(F)(F)CC5)nn4)cccc3C2=O)C(=O)N1. The van der Waals surface area contributed by atoms with Crippen LogP contribution in [-0.4, -0.2) is 55.5 Å². The Kier molecular flexibility index (Phi) is 5.81. The summed E-state index contributed by atoms with van der Waals surface area (Å²) in [5, 5.41) is 13.1. The van der Waals surface area contributed by atoms with Crippen LogP contribution in [0.3, 0.4) is 0 Å². The summed E-state index contributed by atoms with van der Waals surface area (Å²) in [6.45, 7) is 0.00103. The van der Waals surface area contributed by atoms with Gasteiger partial charge in [-0.2, -0.15) is 0 Å². The summed E-state index contributed by atoms with van der Waals surface area (Å²) in [7, 11) is 0. The molecule has 2 aliphatic heterocycles. The molecule has 1 aromatic carbocycles. The molecule has 0 bridgehead atoms. The van der Waals surface area contributed by atoms with Gasteiger partial charge in [-0.05, 0) is 31.4 Å². The van der Waals surface area contributed by atoms with Crippen LogP contribution in [0.25, 0.3) is 0 Å². The Morgan fingerprint density at radius 3 is 2.69 bits per heavy atom. The van der Waals surface area contributed by atoms with E-state index in [0.717, 1.165) is 0 Å². The second-order valence-corrected chi connectivity index (χ2v) is 9.25. The van der Waals surface area contributed by atoms with Gasteiger partial charge in [-0.15, -0.1) is 5.10 Å². The number of alkyl halides is 2. The summed E-state index contributed by atoms with van der Waals surface area (Å²) in [5.41, 5.74) is 2.03. The number of piperidine rings is 1. The minimum Gasteiger partial charge on any atom is -0.324 e. The van der Waals surface area contributed by atoms with Gasteiger partial charge < -0.3 is 10.2 Å². The maximum Gasteiger partial charge on any atom is 0.255 e. The van der Waals surface area contributed by atoms with Crippen molar-refractivity contribution < 1.29 is 28.0 Å². The molecule has 1 unspecified atom stereocenters. The molecule has 1 aromatic heterocycles. The quantitative estimate of drug-likeness (QED) is 0.623. The number of nitrogens with one attached hydrogen (secondary N) is 2. The second kappa shape index (κ2) is 8.82. The molecule has 4 amide bonds. The van der Waals surface area contributed by atoms with Crippen LogP contribution < -0.4 is 10.6 Å². The maximum atomic E-state index is 13.4. The highest BCUT2D eigenvalue weighted by molar-refractivity contribution is 6.06. The van der Waals surface area contributed by atoms with Crippen molar-refractivity contribution >= 4 is 29.3 Å². The molecule has 2 fully saturated rings. The smallest absolute Gasteiger partial charge is 0.255 e. The average Bonchev–Trinajstić information content (AvgIpc) is 3.39. The molecule has 2 N–H and O–H groups in total. The van der Waals surface area contributed by atoms with E-state index < -0.39 is 23.8 Å². The molecule has 3 aliphatic rings. The summed E-state index contributed by atoms with van der Waals surface area (Å²) in [6, 6.07) is 4.21. The lowest BCUT2D eigenvalue weighted by atomic mass is 9.85. The summed E-state index contributed by atoms with van der Waals surface area (Å²) in [5.74, 6) is -4.32. The second-order valence-electron chi connectivity index (χ2n) is 9.25. The Hall–Kier alpha value is -3.70. The fourth-order valence-corrected chi connectivity index (χ4v) is 4.95. The van der Waals surface area contributed by atoms with Crippen LogP contribution in [0.5, 0.6) is 0 Å². The van der Waals surface area contributed by atoms with E-state index in [0.29, 0.717) is 35.3 Å². The Labute approximate surface area is 199 Å². The number of nitrogens with zero attached hydrogens (tertiary/aromatic N) is 4. The van der Waals surface area contributed by atoms with E-state index in [9.17, 15) is 28.0 Å². The minimum atomic E-state index is -2.63. The predicted molar refractivity (Wildman–Crippen MR) is 117 cm³/mol. The third kappa shape index (κ3) is 4.64. The van der Waals surface area contributed by atoms with Crippen LogP contribution in [0.4, 0.5) is 14.5 Å². The Morgan fingerprint density at radius 1 is 1.17 bits per heavy atom. The number of hydrogen-bond acceptors (Lipinski definition) is 6. The van der Waals surface area contributed by atoms with E-state index in [1.54, 1.807) is 24.4 Å². The lowest BCUT2D eigenvalue weighted by molar-refractivity contribution is -0.137. The minimum absolute atomic E-state index is 0.104. The van der Waals surface area contributed by atoms with Crippen LogP contribution in [0.1, 0.15) is 66.1 Å². The zero-order valence-corrected chi connectivity index (χ0v) is 18.8. The van der Waals surface area contributed by atoms with E-state index in [4.69, 9.17) is 0 Å². The van der Waals surface area contributed by atoms with E-state index in [1.807, 2.05) is 0 Å². The molecule has 5 rings (SSSR count). The number of fused-ring (bicyclic) bond motifs is 1. The fraction of sp³-hybridized carbons (Fsp3) is 0.478. The molecule has 10 nitrogen and oxygen atoms in total. The molecule has 1 aliphatic carbocycles. The van der Waals surface area contributed by atoms with Crippen molar-refractivity contribution in [2.75, 3.05) is 5.32 Å². The summed E-state index contributed by atoms with van der Waals surface area (Å²) < 4.78 is 28.2. The Bertz CT molecular complexity index is 1200. The van der Waals surface area contributed by atoms with Crippen molar-refractivity contribution in [3.63, 3.8) is 0 Å². The van der Waals surface area contributed by atoms with Crippen molar-refractivity contribution in [3.05, 3.63) is 41.2 Å². The highest BCUT2D eigenvalue weighted by Gasteiger charge is 2.40. The van der Waals surface area contributed by atoms with E-state index in [1.165, 1.54) is 9.58 Å². The first-order valence-corrected chi connectivity index (χ1v) is 11.5. The molecular weight excluding hydrogens is 462 g/mol. The molecule has 184 valence electrons. The van der Waals surface area contributed by atoms with Gasteiger partial charge in [0.05, 0.1) is 5.69 Å². The zero-order valence-electron chi connectivity index (χ0n) is 18.8. The van der Waals surface area contributed by atoms with Gasteiger partial charge >= 0.3 is 0 Å². The number of aromatic nitrogens is 3. The number of rotatable bonds is 5. The number of benzene rings is 1. The monoisotopic (exact) mass is 486 g/mol. The third-order valence-corrected chi connectivity index (χ3v) is 6.85. The summed E-state index contributed by atoms with van der Waals surface area (Å²) >= 11 is 0. The maximum absolute atomic E-state index is 13.4. The largest absolute Gasteiger partial charge is 0.324 e. The lowest BCUT2D eigenvalue weighted by Gasteiger charge is -2.29. The number of carbonyl (C=O) groups is 4. The van der Waals surface area contributed by atoms with Crippen LogP contribution in [0.15, 0.2) is 24.4 Å². The fourth-order valence-electron chi connectivity index (χ4n) is 4.95. The topological polar surface area (TPSA) is 126 Å². The normalized spacial score (nSPS) is 22.2. The first kappa shape index (κ1) is 23.1. The molecule has 0 radical (unpaired) electrons. The average molecular weight is 486 g/mol. The van der Waals surface area contributed by atoms with Crippen LogP contribution in [-0.2, 0) is 27.5 Å². The van der Waals surface area contributed by atoms with Crippen LogP contribution in [0.2, 0.25) is 0 Å².